The van der Waals surface area contributed by atoms with E-state index in [9.17, 15) is 9.59 Å². The monoisotopic (exact) mass is 298 g/mol. The lowest BCUT2D eigenvalue weighted by Gasteiger charge is -2.27. The van der Waals surface area contributed by atoms with Crippen LogP contribution in [0.25, 0.3) is 0 Å². The molecule has 3 unspecified atom stereocenters. The Labute approximate surface area is 133 Å². The minimum atomic E-state index is -0.0464. The van der Waals surface area contributed by atoms with E-state index >= 15 is 0 Å². The lowest BCUT2D eigenvalue weighted by Crippen LogP contribution is -2.27. The molecule has 0 aliphatic heterocycles. The third-order valence-electron chi connectivity index (χ3n) is 5.50. The summed E-state index contributed by atoms with van der Waals surface area (Å²) < 4.78 is 0. The van der Waals surface area contributed by atoms with Gasteiger partial charge in [0.25, 0.3) is 0 Å². The smallest absolute Gasteiger partial charge is 0.147 e. The van der Waals surface area contributed by atoms with E-state index in [0.29, 0.717) is 5.92 Å². The molecular formula is C20H26O2. The fourth-order valence-electron chi connectivity index (χ4n) is 4.25. The van der Waals surface area contributed by atoms with Gasteiger partial charge in [-0.3, -0.25) is 9.59 Å². The summed E-state index contributed by atoms with van der Waals surface area (Å²) in [4.78, 5) is 25.2. The molecule has 2 aliphatic rings. The molecule has 0 aromatic heterocycles. The Balaban J connectivity index is 1.66. The molecule has 118 valence electrons. The molecule has 1 aromatic rings. The third-order valence-corrected chi connectivity index (χ3v) is 5.50. The quantitative estimate of drug-likeness (QED) is 0.769. The van der Waals surface area contributed by atoms with Gasteiger partial charge in [-0.25, -0.2) is 0 Å². The van der Waals surface area contributed by atoms with Gasteiger partial charge in [0.1, 0.15) is 11.6 Å². The van der Waals surface area contributed by atoms with Crippen LogP contribution in [0.2, 0.25) is 0 Å². The second kappa shape index (κ2) is 6.76. The van der Waals surface area contributed by atoms with Crippen LogP contribution in [0.15, 0.2) is 24.3 Å². The van der Waals surface area contributed by atoms with Crippen LogP contribution in [0.1, 0.15) is 68.9 Å². The molecule has 0 bridgehead atoms. The molecule has 1 aromatic carbocycles. The molecule has 0 saturated heterocycles. The normalized spacial score (nSPS) is 28.0. The molecule has 1 fully saturated rings. The van der Waals surface area contributed by atoms with Crippen molar-refractivity contribution in [1.82, 2.24) is 0 Å². The number of hydrogen-bond donors (Lipinski definition) is 0. The zero-order valence-electron chi connectivity index (χ0n) is 13.5. The number of rotatable bonds is 4. The zero-order chi connectivity index (χ0) is 15.5. The summed E-state index contributed by atoms with van der Waals surface area (Å²) >= 11 is 0. The lowest BCUT2D eigenvalue weighted by molar-refractivity contribution is -0.131. The third kappa shape index (κ3) is 3.31. The first-order valence-electron chi connectivity index (χ1n) is 8.78. The largest absolute Gasteiger partial charge is 0.299 e. The van der Waals surface area contributed by atoms with Gasteiger partial charge in [-0.2, -0.15) is 0 Å². The Morgan fingerprint density at radius 1 is 1.05 bits per heavy atom. The maximum absolute atomic E-state index is 12.7. The first-order valence-corrected chi connectivity index (χ1v) is 8.78. The maximum Gasteiger partial charge on any atom is 0.147 e. The highest BCUT2D eigenvalue weighted by atomic mass is 16.1. The van der Waals surface area contributed by atoms with Crippen LogP contribution in [0.5, 0.6) is 0 Å². The molecule has 2 aliphatic carbocycles. The highest BCUT2D eigenvalue weighted by molar-refractivity contribution is 6.03. The minimum absolute atomic E-state index is 0.0464. The Hall–Kier alpha value is -1.44. The number of Topliss-reactive ketones (excluding diaryl/α,β-unsaturated/α-hetero) is 2. The minimum Gasteiger partial charge on any atom is -0.299 e. The molecule has 2 heteroatoms. The average molecular weight is 298 g/mol. The van der Waals surface area contributed by atoms with Gasteiger partial charge in [-0.15, -0.1) is 0 Å². The van der Waals surface area contributed by atoms with Crippen molar-refractivity contribution in [2.45, 2.75) is 64.2 Å². The molecule has 2 nitrogen and oxygen atoms in total. The van der Waals surface area contributed by atoms with Crippen molar-refractivity contribution in [3.63, 3.8) is 0 Å². The summed E-state index contributed by atoms with van der Waals surface area (Å²) in [6.45, 7) is 2.22. The van der Waals surface area contributed by atoms with Crippen LogP contribution in [0, 0.1) is 11.8 Å². The second-order valence-electron chi connectivity index (χ2n) is 7.22. The Bertz CT molecular complexity index is 561. The summed E-state index contributed by atoms with van der Waals surface area (Å²) in [7, 11) is 0. The Kier molecular flexibility index (Phi) is 4.75. The van der Waals surface area contributed by atoms with E-state index in [1.165, 1.54) is 17.5 Å². The van der Waals surface area contributed by atoms with Crippen LogP contribution >= 0.6 is 0 Å². The van der Waals surface area contributed by atoms with Crippen molar-refractivity contribution in [2.24, 2.45) is 11.8 Å². The van der Waals surface area contributed by atoms with Crippen LogP contribution in [0.3, 0.4) is 0 Å². The number of benzene rings is 1. The highest BCUT2D eigenvalue weighted by Gasteiger charge is 2.31. The van der Waals surface area contributed by atoms with E-state index in [1.54, 1.807) is 0 Å². The molecule has 0 spiro atoms. The number of aryl methyl sites for hydroxylation is 1. The molecule has 22 heavy (non-hydrogen) atoms. The maximum atomic E-state index is 12.7. The second-order valence-corrected chi connectivity index (χ2v) is 7.22. The van der Waals surface area contributed by atoms with E-state index in [2.05, 4.69) is 19.1 Å². The first-order chi connectivity index (χ1) is 10.6. The molecule has 0 radical (unpaired) electrons. The Morgan fingerprint density at radius 3 is 2.68 bits per heavy atom. The van der Waals surface area contributed by atoms with E-state index < -0.39 is 0 Å². The molecule has 0 amide bonds. The van der Waals surface area contributed by atoms with Gasteiger partial charge in [0.15, 0.2) is 0 Å². The van der Waals surface area contributed by atoms with E-state index in [0.717, 1.165) is 38.5 Å². The predicted octanol–water partition coefficient (Wildman–Crippen LogP) is 4.46. The summed E-state index contributed by atoms with van der Waals surface area (Å²) in [5.74, 6) is 1.06. The lowest BCUT2D eigenvalue weighted by atomic mass is 9.76. The van der Waals surface area contributed by atoms with Crippen LogP contribution in [0.4, 0.5) is 0 Å². The summed E-state index contributed by atoms with van der Waals surface area (Å²) in [5, 5.41) is 0. The summed E-state index contributed by atoms with van der Waals surface area (Å²) in [6, 6.07) is 8.25. The van der Waals surface area contributed by atoms with Crippen LogP contribution in [-0.2, 0) is 16.0 Å². The van der Waals surface area contributed by atoms with E-state index in [4.69, 9.17) is 0 Å². The molecular weight excluding hydrogens is 272 g/mol. The summed E-state index contributed by atoms with van der Waals surface area (Å²) in [6.07, 6.45) is 7.51. The van der Waals surface area contributed by atoms with Crippen LogP contribution in [-0.4, -0.2) is 11.6 Å². The van der Waals surface area contributed by atoms with Crippen molar-refractivity contribution >= 4 is 11.6 Å². The van der Waals surface area contributed by atoms with E-state index in [-0.39, 0.29) is 29.8 Å². The fraction of sp³-hybridized carbons (Fsp3) is 0.600. The number of fused-ring (bicyclic) bond motifs is 1. The van der Waals surface area contributed by atoms with Crippen molar-refractivity contribution in [3.05, 3.63) is 35.4 Å². The van der Waals surface area contributed by atoms with Crippen molar-refractivity contribution in [2.75, 3.05) is 0 Å². The van der Waals surface area contributed by atoms with Gasteiger partial charge in [-0.05, 0) is 49.1 Å². The number of carbonyl (C=O) groups excluding carboxylic acids is 2. The molecule has 3 atom stereocenters. The van der Waals surface area contributed by atoms with Crippen molar-refractivity contribution in [1.29, 1.82) is 0 Å². The molecule has 1 saturated carbocycles. The van der Waals surface area contributed by atoms with Crippen molar-refractivity contribution < 1.29 is 9.59 Å². The fourth-order valence-corrected chi connectivity index (χ4v) is 4.25. The molecule has 0 N–H and O–H groups in total. The predicted molar refractivity (Wildman–Crippen MR) is 87.9 cm³/mol. The number of ketones is 2. The first kappa shape index (κ1) is 15.5. The SMILES string of the molecule is CC1CCCC(C(=O)CC(=O)C2CCCc3ccccc32)C1. The van der Waals surface area contributed by atoms with Gasteiger partial charge < -0.3 is 0 Å². The number of carbonyl (C=O) groups is 2. The number of hydrogen-bond acceptors (Lipinski definition) is 2. The van der Waals surface area contributed by atoms with Crippen LogP contribution < -0.4 is 0 Å². The van der Waals surface area contributed by atoms with Crippen molar-refractivity contribution in [3.8, 4) is 0 Å². The summed E-state index contributed by atoms with van der Waals surface area (Å²) in [5.41, 5.74) is 2.47. The standard InChI is InChI=1S/C20H26O2/c1-14-6-4-9-16(12-14)19(21)13-20(22)18-11-5-8-15-7-2-3-10-17(15)18/h2-3,7,10,14,16,18H,4-6,8-9,11-13H2,1H3. The Morgan fingerprint density at radius 2 is 1.86 bits per heavy atom. The molecule has 3 rings (SSSR count). The average Bonchev–Trinajstić information content (AvgIpc) is 2.54. The highest BCUT2D eigenvalue weighted by Crippen LogP contribution is 2.34. The van der Waals surface area contributed by atoms with Gasteiger partial charge in [0.05, 0.1) is 6.42 Å². The van der Waals surface area contributed by atoms with Gasteiger partial charge in [0, 0.05) is 11.8 Å². The van der Waals surface area contributed by atoms with E-state index in [1.807, 2.05) is 12.1 Å². The van der Waals surface area contributed by atoms with Gasteiger partial charge >= 0.3 is 0 Å². The topological polar surface area (TPSA) is 34.1 Å². The van der Waals surface area contributed by atoms with Gasteiger partial charge in [-0.1, -0.05) is 44.0 Å². The van der Waals surface area contributed by atoms with Gasteiger partial charge in [0.2, 0.25) is 0 Å². The zero-order valence-corrected chi connectivity index (χ0v) is 13.5. The molecule has 0 heterocycles.